The van der Waals surface area contributed by atoms with Gasteiger partial charge in [0, 0.05) is 25.7 Å². The Morgan fingerprint density at radius 1 is 1.42 bits per heavy atom. The van der Waals surface area contributed by atoms with Gasteiger partial charge in [0.2, 0.25) is 0 Å². The maximum Gasteiger partial charge on any atom is 0.0860 e. The van der Waals surface area contributed by atoms with E-state index >= 15 is 0 Å². The van der Waals surface area contributed by atoms with E-state index in [4.69, 9.17) is 11.6 Å². The van der Waals surface area contributed by atoms with Crippen molar-refractivity contribution in [2.45, 2.75) is 52.2 Å². The molecule has 1 aromatic heterocycles. The van der Waals surface area contributed by atoms with E-state index in [0.29, 0.717) is 6.04 Å². The number of likely N-dealkylation sites (tertiary alicyclic amines) is 1. The maximum atomic E-state index is 6.31. The van der Waals surface area contributed by atoms with E-state index in [2.05, 4.69) is 29.3 Å². The smallest absolute Gasteiger partial charge is 0.0860 e. The largest absolute Gasteiger partial charge is 0.310 e. The number of likely N-dealkylation sites (N-methyl/N-ethyl adjacent to an activating group) is 1. The molecule has 0 saturated carbocycles. The summed E-state index contributed by atoms with van der Waals surface area (Å²) in [4.78, 5) is 2.46. The molecule has 0 aromatic carbocycles. The molecule has 0 bridgehead atoms. The van der Waals surface area contributed by atoms with Gasteiger partial charge in [-0.05, 0) is 40.3 Å². The van der Waals surface area contributed by atoms with Crippen molar-refractivity contribution in [3.63, 3.8) is 0 Å². The summed E-state index contributed by atoms with van der Waals surface area (Å²) in [6, 6.07) is 0.659. The Morgan fingerprint density at radius 2 is 2.21 bits per heavy atom. The van der Waals surface area contributed by atoms with Gasteiger partial charge in [0.15, 0.2) is 0 Å². The number of rotatable bonds is 5. The van der Waals surface area contributed by atoms with E-state index < -0.39 is 0 Å². The average Bonchev–Trinajstić information content (AvgIpc) is 2.68. The highest BCUT2D eigenvalue weighted by Gasteiger charge is 2.19. The van der Waals surface area contributed by atoms with E-state index in [-0.39, 0.29) is 0 Å². The van der Waals surface area contributed by atoms with Crippen LogP contribution >= 0.6 is 11.6 Å². The molecule has 1 fully saturated rings. The van der Waals surface area contributed by atoms with Gasteiger partial charge in [0.25, 0.3) is 0 Å². The van der Waals surface area contributed by atoms with Crippen molar-refractivity contribution in [1.82, 2.24) is 20.0 Å². The minimum Gasteiger partial charge on any atom is -0.310 e. The molecule has 2 rings (SSSR count). The summed E-state index contributed by atoms with van der Waals surface area (Å²) in [7, 11) is 2.22. The third-order valence-electron chi connectivity index (χ3n) is 4.05. The first-order valence-electron chi connectivity index (χ1n) is 7.26. The van der Waals surface area contributed by atoms with Gasteiger partial charge in [-0.3, -0.25) is 4.68 Å². The SMILES string of the molecule is CCn1nc(C)c(Cl)c1CNCC1CCCCN1C. The van der Waals surface area contributed by atoms with Gasteiger partial charge in [-0.2, -0.15) is 5.10 Å². The van der Waals surface area contributed by atoms with Crippen LogP contribution in [0.2, 0.25) is 5.02 Å². The Kier molecular flexibility index (Phi) is 5.25. The van der Waals surface area contributed by atoms with Crippen LogP contribution < -0.4 is 5.32 Å². The zero-order valence-electron chi connectivity index (χ0n) is 12.2. The fourth-order valence-corrected chi connectivity index (χ4v) is 3.00. The Morgan fingerprint density at radius 3 is 2.89 bits per heavy atom. The third kappa shape index (κ3) is 3.50. The van der Waals surface area contributed by atoms with Crippen LogP contribution in [0.15, 0.2) is 0 Å². The first-order chi connectivity index (χ1) is 9.13. The number of nitrogens with zero attached hydrogens (tertiary/aromatic N) is 3. The normalized spacial score (nSPS) is 20.9. The van der Waals surface area contributed by atoms with Crippen LogP contribution in [0.25, 0.3) is 0 Å². The second-order valence-electron chi connectivity index (χ2n) is 5.42. The number of nitrogens with one attached hydrogen (secondary N) is 1. The van der Waals surface area contributed by atoms with Crippen molar-refractivity contribution in [2.75, 3.05) is 20.1 Å². The summed E-state index contributed by atoms with van der Waals surface area (Å²) in [5.74, 6) is 0. The van der Waals surface area contributed by atoms with Crippen LogP contribution in [0.1, 0.15) is 37.6 Å². The minimum absolute atomic E-state index is 0.659. The topological polar surface area (TPSA) is 33.1 Å². The zero-order valence-corrected chi connectivity index (χ0v) is 13.0. The van der Waals surface area contributed by atoms with Crippen molar-refractivity contribution in [3.05, 3.63) is 16.4 Å². The Bertz CT molecular complexity index is 416. The van der Waals surface area contributed by atoms with Gasteiger partial charge >= 0.3 is 0 Å². The number of piperidine rings is 1. The number of aromatic nitrogens is 2. The summed E-state index contributed by atoms with van der Waals surface area (Å²) in [5, 5.41) is 8.80. The maximum absolute atomic E-state index is 6.31. The number of hydrogen-bond donors (Lipinski definition) is 1. The van der Waals surface area contributed by atoms with Gasteiger partial charge in [0.05, 0.1) is 16.4 Å². The molecule has 0 aliphatic carbocycles. The second-order valence-corrected chi connectivity index (χ2v) is 5.80. The van der Waals surface area contributed by atoms with Crippen molar-refractivity contribution in [3.8, 4) is 0 Å². The molecule has 4 nitrogen and oxygen atoms in total. The Balaban J connectivity index is 1.88. The van der Waals surface area contributed by atoms with Crippen molar-refractivity contribution in [2.24, 2.45) is 0 Å². The molecule has 1 atom stereocenters. The monoisotopic (exact) mass is 284 g/mol. The van der Waals surface area contributed by atoms with Crippen LogP contribution in [0.5, 0.6) is 0 Å². The number of hydrogen-bond acceptors (Lipinski definition) is 3. The van der Waals surface area contributed by atoms with Crippen LogP contribution in [0.4, 0.5) is 0 Å². The van der Waals surface area contributed by atoms with Gasteiger partial charge in [0.1, 0.15) is 0 Å². The molecule has 1 aliphatic heterocycles. The van der Waals surface area contributed by atoms with Crippen molar-refractivity contribution < 1.29 is 0 Å². The van der Waals surface area contributed by atoms with Crippen LogP contribution in [-0.2, 0) is 13.1 Å². The molecule has 2 heterocycles. The zero-order chi connectivity index (χ0) is 13.8. The molecule has 1 unspecified atom stereocenters. The van der Waals surface area contributed by atoms with Crippen LogP contribution in [0.3, 0.4) is 0 Å². The average molecular weight is 285 g/mol. The van der Waals surface area contributed by atoms with Crippen LogP contribution in [-0.4, -0.2) is 40.9 Å². The Hall–Kier alpha value is -0.580. The summed E-state index contributed by atoms with van der Waals surface area (Å²) in [5.41, 5.74) is 2.04. The predicted molar refractivity (Wildman–Crippen MR) is 79.6 cm³/mol. The summed E-state index contributed by atoms with van der Waals surface area (Å²) >= 11 is 6.31. The fourth-order valence-electron chi connectivity index (χ4n) is 2.80. The van der Waals surface area contributed by atoms with E-state index in [1.54, 1.807) is 0 Å². The fraction of sp³-hybridized carbons (Fsp3) is 0.786. The third-order valence-corrected chi connectivity index (χ3v) is 4.54. The summed E-state index contributed by atoms with van der Waals surface area (Å²) < 4.78 is 2.00. The lowest BCUT2D eigenvalue weighted by Crippen LogP contribution is -2.43. The van der Waals surface area contributed by atoms with Gasteiger partial charge in [-0.25, -0.2) is 0 Å². The molecule has 0 spiro atoms. The lowest BCUT2D eigenvalue weighted by molar-refractivity contribution is 0.181. The highest BCUT2D eigenvalue weighted by Crippen LogP contribution is 2.20. The quantitative estimate of drug-likeness (QED) is 0.902. The molecular formula is C14H25ClN4. The number of halogens is 1. The molecule has 5 heteroatoms. The van der Waals surface area contributed by atoms with Gasteiger partial charge in [-0.1, -0.05) is 18.0 Å². The molecule has 1 N–H and O–H groups in total. The van der Waals surface area contributed by atoms with Gasteiger partial charge < -0.3 is 10.2 Å². The highest BCUT2D eigenvalue weighted by molar-refractivity contribution is 6.31. The van der Waals surface area contributed by atoms with Gasteiger partial charge in [-0.15, -0.1) is 0 Å². The minimum atomic E-state index is 0.659. The molecule has 1 aliphatic rings. The lowest BCUT2D eigenvalue weighted by atomic mass is 10.0. The molecule has 0 radical (unpaired) electrons. The molecule has 19 heavy (non-hydrogen) atoms. The summed E-state index contributed by atoms with van der Waals surface area (Å²) in [6.07, 6.45) is 3.98. The highest BCUT2D eigenvalue weighted by atomic mass is 35.5. The number of aryl methyl sites for hydroxylation is 2. The van der Waals surface area contributed by atoms with E-state index in [9.17, 15) is 0 Å². The molecule has 108 valence electrons. The Labute approximate surface area is 121 Å². The van der Waals surface area contributed by atoms with Crippen molar-refractivity contribution >= 4 is 11.6 Å². The standard InChI is InChI=1S/C14H25ClN4/c1-4-19-13(14(15)11(2)17-19)10-16-9-12-7-5-6-8-18(12)3/h12,16H,4-10H2,1-3H3. The first-order valence-corrected chi connectivity index (χ1v) is 7.64. The molecular weight excluding hydrogens is 260 g/mol. The summed E-state index contributed by atoms with van der Waals surface area (Å²) in [6.45, 7) is 7.99. The van der Waals surface area contributed by atoms with Crippen LogP contribution in [0, 0.1) is 6.92 Å². The molecule has 1 saturated heterocycles. The molecule has 1 aromatic rings. The predicted octanol–water partition coefficient (Wildman–Crippen LogP) is 2.44. The van der Waals surface area contributed by atoms with E-state index in [1.807, 2.05) is 11.6 Å². The molecule has 0 amide bonds. The second kappa shape index (κ2) is 6.73. The van der Waals surface area contributed by atoms with E-state index in [1.165, 1.54) is 25.8 Å². The lowest BCUT2D eigenvalue weighted by Gasteiger charge is -2.32. The van der Waals surface area contributed by atoms with Crippen molar-refractivity contribution in [1.29, 1.82) is 0 Å². The first kappa shape index (κ1) is 14.8. The van der Waals surface area contributed by atoms with E-state index in [0.717, 1.165) is 36.0 Å².